The van der Waals surface area contributed by atoms with E-state index in [-0.39, 0.29) is 0 Å². The molecule has 0 aliphatic carbocycles. The molecular formula is C14H12N4O2. The number of H-pyrrole nitrogens is 1. The van der Waals surface area contributed by atoms with Gasteiger partial charge < -0.3 is 9.72 Å². The van der Waals surface area contributed by atoms with Gasteiger partial charge in [0.15, 0.2) is 6.29 Å². The monoisotopic (exact) mass is 268 g/mol. The first kappa shape index (κ1) is 12.2. The average molecular weight is 268 g/mol. The van der Waals surface area contributed by atoms with Crippen LogP contribution in [0.25, 0.3) is 16.9 Å². The highest BCUT2D eigenvalue weighted by Crippen LogP contribution is 2.19. The van der Waals surface area contributed by atoms with Crippen LogP contribution in [-0.2, 0) is 0 Å². The van der Waals surface area contributed by atoms with E-state index in [0.717, 1.165) is 23.3 Å². The Morgan fingerprint density at radius 1 is 1.30 bits per heavy atom. The van der Waals surface area contributed by atoms with Crippen LogP contribution in [0.5, 0.6) is 5.75 Å². The van der Waals surface area contributed by atoms with Crippen LogP contribution in [0.1, 0.15) is 10.5 Å². The number of carbonyl (C=O) groups is 1. The van der Waals surface area contributed by atoms with E-state index in [9.17, 15) is 4.79 Å². The molecule has 2 heterocycles. The third kappa shape index (κ3) is 2.18. The molecule has 0 spiro atoms. The van der Waals surface area contributed by atoms with Gasteiger partial charge in [0.05, 0.1) is 24.7 Å². The smallest absolute Gasteiger partial charge is 0.166 e. The van der Waals surface area contributed by atoms with E-state index in [0.29, 0.717) is 11.4 Å². The Kier molecular flexibility index (Phi) is 3.04. The molecule has 3 rings (SSSR count). The molecule has 0 amide bonds. The zero-order valence-electron chi connectivity index (χ0n) is 10.8. The largest absolute Gasteiger partial charge is 0.497 e. The molecule has 0 aliphatic heterocycles. The van der Waals surface area contributed by atoms with Gasteiger partial charge in [0, 0.05) is 11.8 Å². The number of aromatic amines is 1. The third-order valence-corrected chi connectivity index (χ3v) is 2.96. The lowest BCUT2D eigenvalue weighted by atomic mass is 10.2. The fourth-order valence-electron chi connectivity index (χ4n) is 1.89. The molecule has 100 valence electrons. The first-order valence-corrected chi connectivity index (χ1v) is 6.01. The number of nitrogens with one attached hydrogen (secondary N) is 1. The maximum absolute atomic E-state index is 10.7. The number of ether oxygens (including phenoxy) is 1. The van der Waals surface area contributed by atoms with Gasteiger partial charge in [-0.3, -0.25) is 4.79 Å². The van der Waals surface area contributed by atoms with Crippen molar-refractivity contribution in [1.29, 1.82) is 0 Å². The maximum atomic E-state index is 10.7. The SMILES string of the molecule is COc1ccc(-n2cc(-c3c[nH]c(C=O)c3)nn2)cc1. The van der Waals surface area contributed by atoms with Crippen LogP contribution in [-0.4, -0.2) is 33.4 Å². The Bertz CT molecular complexity index is 728. The van der Waals surface area contributed by atoms with Crippen molar-refractivity contribution in [2.24, 2.45) is 0 Å². The molecule has 0 radical (unpaired) electrons. The highest BCUT2D eigenvalue weighted by atomic mass is 16.5. The molecule has 1 N–H and O–H groups in total. The number of hydrogen-bond acceptors (Lipinski definition) is 4. The number of aromatic nitrogens is 4. The minimum Gasteiger partial charge on any atom is -0.497 e. The van der Waals surface area contributed by atoms with Crippen LogP contribution < -0.4 is 4.74 Å². The van der Waals surface area contributed by atoms with E-state index in [4.69, 9.17) is 4.74 Å². The first-order valence-electron chi connectivity index (χ1n) is 6.01. The van der Waals surface area contributed by atoms with Gasteiger partial charge in [0.2, 0.25) is 0 Å². The molecule has 1 aromatic carbocycles. The number of aldehydes is 1. The summed E-state index contributed by atoms with van der Waals surface area (Å²) in [6.45, 7) is 0. The molecule has 0 atom stereocenters. The van der Waals surface area contributed by atoms with Gasteiger partial charge in [0.1, 0.15) is 11.4 Å². The zero-order valence-corrected chi connectivity index (χ0v) is 10.8. The van der Waals surface area contributed by atoms with E-state index < -0.39 is 0 Å². The quantitative estimate of drug-likeness (QED) is 0.735. The van der Waals surface area contributed by atoms with E-state index in [2.05, 4.69) is 15.3 Å². The van der Waals surface area contributed by atoms with E-state index in [1.54, 1.807) is 30.3 Å². The summed E-state index contributed by atoms with van der Waals surface area (Å²) in [4.78, 5) is 13.5. The average Bonchev–Trinajstić information content (AvgIpc) is 3.16. The molecule has 0 aliphatic rings. The lowest BCUT2D eigenvalue weighted by molar-refractivity contribution is 0.111. The number of hydrogen-bond donors (Lipinski definition) is 1. The molecule has 0 saturated carbocycles. The molecule has 20 heavy (non-hydrogen) atoms. The minimum absolute atomic E-state index is 0.513. The maximum Gasteiger partial charge on any atom is 0.166 e. The first-order chi connectivity index (χ1) is 9.80. The number of carbonyl (C=O) groups excluding carboxylic acids is 1. The molecule has 6 heteroatoms. The van der Waals surface area contributed by atoms with Crippen molar-refractivity contribution in [3.05, 3.63) is 48.4 Å². The van der Waals surface area contributed by atoms with E-state index in [1.807, 2.05) is 24.3 Å². The summed E-state index contributed by atoms with van der Waals surface area (Å²) in [6.07, 6.45) is 4.29. The van der Waals surface area contributed by atoms with Crippen LogP contribution >= 0.6 is 0 Å². The van der Waals surface area contributed by atoms with Crippen molar-refractivity contribution in [3.8, 4) is 22.7 Å². The van der Waals surface area contributed by atoms with Crippen molar-refractivity contribution < 1.29 is 9.53 Å². The van der Waals surface area contributed by atoms with Crippen molar-refractivity contribution in [1.82, 2.24) is 20.0 Å². The second kappa shape index (κ2) is 5.00. The molecule has 0 unspecified atom stereocenters. The van der Waals surface area contributed by atoms with Crippen LogP contribution in [0.4, 0.5) is 0 Å². The van der Waals surface area contributed by atoms with Gasteiger partial charge in [-0.05, 0) is 30.3 Å². The van der Waals surface area contributed by atoms with Gasteiger partial charge in [-0.25, -0.2) is 4.68 Å². The van der Waals surface area contributed by atoms with E-state index >= 15 is 0 Å². The third-order valence-electron chi connectivity index (χ3n) is 2.96. The minimum atomic E-state index is 0.513. The number of methoxy groups -OCH3 is 1. The lowest BCUT2D eigenvalue weighted by Gasteiger charge is -2.01. The standard InChI is InChI=1S/C14H12N4O2/c1-20-13-4-2-12(3-5-13)18-8-14(16-17-18)10-6-11(9-19)15-7-10/h2-9,15H,1H3. The highest BCUT2D eigenvalue weighted by molar-refractivity contribution is 5.76. The van der Waals surface area contributed by atoms with Crippen molar-refractivity contribution in [3.63, 3.8) is 0 Å². The predicted molar refractivity (Wildman–Crippen MR) is 73.1 cm³/mol. The van der Waals surface area contributed by atoms with Crippen LogP contribution in [0.2, 0.25) is 0 Å². The number of nitrogens with zero attached hydrogens (tertiary/aromatic N) is 3. The molecule has 6 nitrogen and oxygen atoms in total. The summed E-state index contributed by atoms with van der Waals surface area (Å²) in [5.41, 5.74) is 2.92. The Balaban J connectivity index is 1.90. The van der Waals surface area contributed by atoms with Gasteiger partial charge in [-0.2, -0.15) is 0 Å². The second-order valence-corrected chi connectivity index (χ2v) is 4.21. The molecule has 3 aromatic rings. The summed E-state index contributed by atoms with van der Waals surface area (Å²) < 4.78 is 6.78. The summed E-state index contributed by atoms with van der Waals surface area (Å²) in [7, 11) is 1.62. The van der Waals surface area contributed by atoms with E-state index in [1.165, 1.54) is 0 Å². The number of rotatable bonds is 4. The molecule has 0 fully saturated rings. The summed E-state index contributed by atoms with van der Waals surface area (Å²) in [5.74, 6) is 0.787. The number of benzene rings is 1. The Hall–Kier alpha value is -2.89. The fraction of sp³-hybridized carbons (Fsp3) is 0.0714. The van der Waals surface area contributed by atoms with Gasteiger partial charge in [-0.1, -0.05) is 5.21 Å². The molecular weight excluding hydrogens is 256 g/mol. The highest BCUT2D eigenvalue weighted by Gasteiger charge is 2.07. The fourth-order valence-corrected chi connectivity index (χ4v) is 1.89. The molecule has 0 bridgehead atoms. The Labute approximate surface area is 115 Å². The topological polar surface area (TPSA) is 72.8 Å². The second-order valence-electron chi connectivity index (χ2n) is 4.21. The predicted octanol–water partition coefficient (Wildman–Crippen LogP) is 2.08. The van der Waals surface area contributed by atoms with Crippen LogP contribution in [0, 0.1) is 0 Å². The van der Waals surface area contributed by atoms with Crippen LogP contribution in [0.15, 0.2) is 42.7 Å². The van der Waals surface area contributed by atoms with Crippen molar-refractivity contribution >= 4 is 6.29 Å². The molecule has 0 saturated heterocycles. The summed E-state index contributed by atoms with van der Waals surface area (Å²) in [5, 5.41) is 8.18. The van der Waals surface area contributed by atoms with Crippen molar-refractivity contribution in [2.45, 2.75) is 0 Å². The van der Waals surface area contributed by atoms with Gasteiger partial charge in [0.25, 0.3) is 0 Å². The Morgan fingerprint density at radius 3 is 2.75 bits per heavy atom. The normalized spacial score (nSPS) is 10.4. The van der Waals surface area contributed by atoms with Gasteiger partial charge in [-0.15, -0.1) is 5.10 Å². The van der Waals surface area contributed by atoms with Gasteiger partial charge >= 0.3 is 0 Å². The van der Waals surface area contributed by atoms with Crippen LogP contribution in [0.3, 0.4) is 0 Å². The van der Waals surface area contributed by atoms with Crippen molar-refractivity contribution in [2.75, 3.05) is 7.11 Å². The lowest BCUT2D eigenvalue weighted by Crippen LogP contribution is -1.94. The zero-order chi connectivity index (χ0) is 13.9. The molecule has 2 aromatic heterocycles. The summed E-state index contributed by atoms with van der Waals surface area (Å²) >= 11 is 0. The summed E-state index contributed by atoms with van der Waals surface area (Å²) in [6, 6.07) is 9.24. The Morgan fingerprint density at radius 2 is 2.10 bits per heavy atom.